The van der Waals surface area contributed by atoms with Crippen LogP contribution < -0.4 is 15.7 Å². The van der Waals surface area contributed by atoms with E-state index in [9.17, 15) is 4.79 Å². The Morgan fingerprint density at radius 1 is 1.48 bits per heavy atom. The van der Waals surface area contributed by atoms with Crippen molar-refractivity contribution < 1.29 is 4.74 Å². The number of nitrogens with one attached hydrogen (secondary N) is 2. The molecule has 1 aliphatic rings. The number of hydrogen-bond donors (Lipinski definition) is 2. The normalized spacial score (nSPS) is 15.4. The van der Waals surface area contributed by atoms with E-state index in [0.29, 0.717) is 18.7 Å². The van der Waals surface area contributed by atoms with Gasteiger partial charge in [-0.05, 0) is 28.1 Å². The van der Waals surface area contributed by atoms with Crippen molar-refractivity contribution in [3.05, 3.63) is 49.8 Å². The van der Waals surface area contributed by atoms with Crippen LogP contribution in [0.25, 0.3) is 0 Å². The zero-order chi connectivity index (χ0) is 14.8. The Hall–Kier alpha value is -1.86. The lowest BCUT2D eigenvalue weighted by molar-refractivity contribution is 0.318. The van der Waals surface area contributed by atoms with Crippen molar-refractivity contribution in [1.29, 1.82) is 0 Å². The third-order valence-corrected chi connectivity index (χ3v) is 3.97. The number of fused-ring (bicyclic) bond motifs is 1. The fourth-order valence-electron chi connectivity index (χ4n) is 1.97. The molecule has 0 amide bonds. The van der Waals surface area contributed by atoms with Crippen molar-refractivity contribution in [2.45, 2.75) is 6.42 Å². The molecule has 0 spiro atoms. The van der Waals surface area contributed by atoms with Gasteiger partial charge in [-0.25, -0.2) is 5.10 Å². The summed E-state index contributed by atoms with van der Waals surface area (Å²) in [5, 5.41) is 10.3. The number of hydrazone groups is 1. The zero-order valence-electron chi connectivity index (χ0n) is 10.7. The van der Waals surface area contributed by atoms with Crippen LogP contribution in [0.1, 0.15) is 12.0 Å². The molecule has 3 rings (SSSR count). The smallest absolute Gasteiger partial charge is 0.285 e. The van der Waals surface area contributed by atoms with Gasteiger partial charge in [-0.3, -0.25) is 10.2 Å². The van der Waals surface area contributed by atoms with E-state index in [-0.39, 0.29) is 5.02 Å². The molecule has 1 aromatic heterocycles. The van der Waals surface area contributed by atoms with E-state index >= 15 is 0 Å². The van der Waals surface area contributed by atoms with Gasteiger partial charge in [-0.1, -0.05) is 17.7 Å². The SMILES string of the molecule is O=c1[nH]ncc(N/N=C2/CCOc3c(Br)cccc32)c1Cl. The van der Waals surface area contributed by atoms with Gasteiger partial charge in [0.15, 0.2) is 0 Å². The number of H-pyrrole nitrogens is 1. The maximum Gasteiger partial charge on any atom is 0.285 e. The van der Waals surface area contributed by atoms with Gasteiger partial charge in [-0.15, -0.1) is 0 Å². The Kier molecular flexibility index (Phi) is 3.94. The Bertz CT molecular complexity index is 775. The summed E-state index contributed by atoms with van der Waals surface area (Å²) in [5.74, 6) is 0.763. The van der Waals surface area contributed by atoms with Gasteiger partial charge in [0.2, 0.25) is 0 Å². The molecular weight excluding hydrogens is 360 g/mol. The number of nitrogens with zero attached hydrogens (tertiary/aromatic N) is 2. The van der Waals surface area contributed by atoms with Crippen molar-refractivity contribution >= 4 is 38.9 Å². The van der Waals surface area contributed by atoms with E-state index in [1.54, 1.807) is 0 Å². The third kappa shape index (κ3) is 2.79. The lowest BCUT2D eigenvalue weighted by atomic mass is 10.0. The van der Waals surface area contributed by atoms with Crippen LogP contribution in [0.15, 0.2) is 38.8 Å². The van der Waals surface area contributed by atoms with Crippen molar-refractivity contribution in [2.75, 3.05) is 12.0 Å². The Morgan fingerprint density at radius 2 is 2.33 bits per heavy atom. The van der Waals surface area contributed by atoms with E-state index in [2.05, 4.69) is 36.7 Å². The Labute approximate surface area is 133 Å². The summed E-state index contributed by atoms with van der Waals surface area (Å²) in [7, 11) is 0. The van der Waals surface area contributed by atoms with E-state index in [0.717, 1.165) is 21.5 Å². The predicted molar refractivity (Wildman–Crippen MR) is 84.3 cm³/mol. The average Bonchev–Trinajstić information content (AvgIpc) is 2.49. The minimum atomic E-state index is -0.461. The minimum Gasteiger partial charge on any atom is -0.491 e. The van der Waals surface area contributed by atoms with Crippen LogP contribution in [-0.2, 0) is 0 Å². The maximum absolute atomic E-state index is 11.4. The fourth-order valence-corrected chi connectivity index (χ4v) is 2.59. The van der Waals surface area contributed by atoms with Crippen molar-refractivity contribution in [3.8, 4) is 5.75 Å². The number of ether oxygens (including phenoxy) is 1. The van der Waals surface area contributed by atoms with Crippen molar-refractivity contribution in [3.63, 3.8) is 0 Å². The summed E-state index contributed by atoms with van der Waals surface area (Å²) in [5.41, 5.74) is 4.41. The van der Waals surface area contributed by atoms with Gasteiger partial charge >= 0.3 is 0 Å². The Balaban J connectivity index is 1.94. The molecule has 1 aromatic carbocycles. The van der Waals surface area contributed by atoms with Gasteiger partial charge in [0, 0.05) is 12.0 Å². The predicted octanol–water partition coefficient (Wildman–Crippen LogP) is 2.78. The van der Waals surface area contributed by atoms with Crippen LogP contribution in [0.5, 0.6) is 5.75 Å². The summed E-state index contributed by atoms with van der Waals surface area (Å²) in [6.07, 6.45) is 2.07. The highest BCUT2D eigenvalue weighted by Crippen LogP contribution is 2.33. The summed E-state index contributed by atoms with van der Waals surface area (Å²) < 4.78 is 6.51. The number of hydrogen-bond acceptors (Lipinski definition) is 5. The first-order valence-electron chi connectivity index (χ1n) is 6.14. The highest BCUT2D eigenvalue weighted by Gasteiger charge is 2.19. The van der Waals surface area contributed by atoms with Crippen molar-refractivity contribution in [2.24, 2.45) is 5.10 Å². The second kappa shape index (κ2) is 5.87. The van der Waals surface area contributed by atoms with Gasteiger partial charge in [0.1, 0.15) is 16.5 Å². The lowest BCUT2D eigenvalue weighted by Crippen LogP contribution is -2.18. The number of rotatable bonds is 2. The molecule has 1 aliphatic heterocycles. The number of anilines is 1. The minimum absolute atomic E-state index is 0.0240. The highest BCUT2D eigenvalue weighted by molar-refractivity contribution is 9.10. The highest BCUT2D eigenvalue weighted by atomic mass is 79.9. The van der Waals surface area contributed by atoms with Crippen LogP contribution in [0.4, 0.5) is 5.69 Å². The molecule has 0 atom stereocenters. The molecule has 0 bridgehead atoms. The van der Waals surface area contributed by atoms with Crippen LogP contribution in [0.2, 0.25) is 5.02 Å². The quantitative estimate of drug-likeness (QED) is 0.798. The molecule has 21 heavy (non-hydrogen) atoms. The van der Waals surface area contributed by atoms with E-state index in [4.69, 9.17) is 16.3 Å². The van der Waals surface area contributed by atoms with E-state index in [1.807, 2.05) is 18.2 Å². The largest absolute Gasteiger partial charge is 0.491 e. The first kappa shape index (κ1) is 14.1. The molecular formula is C13H10BrClN4O2. The topological polar surface area (TPSA) is 79.4 Å². The molecule has 0 aliphatic carbocycles. The fraction of sp³-hybridized carbons (Fsp3) is 0.154. The number of halogens is 2. The number of benzene rings is 1. The lowest BCUT2D eigenvalue weighted by Gasteiger charge is -2.20. The maximum atomic E-state index is 11.4. The molecule has 8 heteroatoms. The zero-order valence-corrected chi connectivity index (χ0v) is 13.0. The first-order chi connectivity index (χ1) is 10.2. The third-order valence-electron chi connectivity index (χ3n) is 2.97. The van der Waals surface area contributed by atoms with Gasteiger partial charge < -0.3 is 4.74 Å². The molecule has 0 saturated carbocycles. The van der Waals surface area contributed by atoms with Crippen LogP contribution in [0, 0.1) is 0 Å². The van der Waals surface area contributed by atoms with Crippen LogP contribution >= 0.6 is 27.5 Å². The van der Waals surface area contributed by atoms with E-state index < -0.39 is 5.56 Å². The van der Waals surface area contributed by atoms with Crippen LogP contribution in [0.3, 0.4) is 0 Å². The molecule has 2 N–H and O–H groups in total. The summed E-state index contributed by atoms with van der Waals surface area (Å²) >= 11 is 9.34. The van der Waals surface area contributed by atoms with Crippen molar-refractivity contribution in [1.82, 2.24) is 10.2 Å². The van der Waals surface area contributed by atoms with Gasteiger partial charge in [0.25, 0.3) is 5.56 Å². The molecule has 0 unspecified atom stereocenters. The van der Waals surface area contributed by atoms with Crippen LogP contribution in [-0.4, -0.2) is 22.5 Å². The first-order valence-corrected chi connectivity index (χ1v) is 7.31. The Morgan fingerprint density at radius 3 is 3.19 bits per heavy atom. The number of para-hydroxylation sites is 1. The second-order valence-corrected chi connectivity index (χ2v) is 5.54. The van der Waals surface area contributed by atoms with Gasteiger partial charge in [-0.2, -0.15) is 10.2 Å². The van der Waals surface area contributed by atoms with Gasteiger partial charge in [0.05, 0.1) is 23.0 Å². The summed E-state index contributed by atoms with van der Waals surface area (Å²) in [6.45, 7) is 0.539. The summed E-state index contributed by atoms with van der Waals surface area (Å²) in [4.78, 5) is 11.4. The standard InChI is InChI=1S/C13H10BrClN4O2/c14-8-3-1-2-7-9(4-5-21-12(7)8)17-18-10-6-16-19-13(20)11(10)15/h1-3,6H,4-5H2,(H2,18,19,20)/b17-9-. The molecule has 2 heterocycles. The molecule has 0 radical (unpaired) electrons. The van der Waals surface area contributed by atoms with E-state index in [1.165, 1.54) is 6.20 Å². The second-order valence-electron chi connectivity index (χ2n) is 4.31. The molecule has 0 fully saturated rings. The molecule has 0 saturated heterocycles. The molecule has 108 valence electrons. The molecule has 2 aromatic rings. The summed E-state index contributed by atoms with van der Waals surface area (Å²) in [6, 6.07) is 5.75. The molecule has 6 nitrogen and oxygen atoms in total. The number of aromatic nitrogens is 2. The monoisotopic (exact) mass is 368 g/mol. The number of aromatic amines is 1. The average molecular weight is 370 g/mol.